The van der Waals surface area contributed by atoms with Gasteiger partial charge in [-0.15, -0.1) is 0 Å². The van der Waals surface area contributed by atoms with Crippen molar-refractivity contribution in [3.05, 3.63) is 59.2 Å². The monoisotopic (exact) mass is 573 g/mol. The molecule has 9 nitrogen and oxygen atoms in total. The molecule has 1 saturated carbocycles. The quantitative estimate of drug-likeness (QED) is 0.166. The maximum absolute atomic E-state index is 13.3. The van der Waals surface area contributed by atoms with Gasteiger partial charge in [0, 0.05) is 79.0 Å². The average molecular weight is 574 g/mol. The van der Waals surface area contributed by atoms with Gasteiger partial charge < -0.3 is 10.3 Å². The van der Waals surface area contributed by atoms with Crippen LogP contribution in [0.3, 0.4) is 0 Å². The number of hydrogen-bond donors (Lipinski definition) is 1. The zero-order chi connectivity index (χ0) is 30.3. The van der Waals surface area contributed by atoms with Crippen molar-refractivity contribution in [3.8, 4) is 22.6 Å². The van der Waals surface area contributed by atoms with Crippen molar-refractivity contribution in [1.82, 2.24) is 34.1 Å². The maximum Gasteiger partial charge on any atom is 0.280 e. The molecular formula is C31H37F2N9. The molecule has 5 aromatic rings. The van der Waals surface area contributed by atoms with Crippen molar-refractivity contribution in [2.75, 3.05) is 5.73 Å². The lowest BCUT2D eigenvalue weighted by Gasteiger charge is -2.12. The number of alkyl halides is 2. The van der Waals surface area contributed by atoms with Gasteiger partial charge >= 0.3 is 0 Å². The van der Waals surface area contributed by atoms with E-state index in [1.165, 1.54) is 13.1 Å². The fourth-order valence-corrected chi connectivity index (χ4v) is 5.28. The molecule has 0 amide bonds. The Kier molecular flexibility index (Phi) is 7.94. The van der Waals surface area contributed by atoms with Crippen molar-refractivity contribution in [3.63, 3.8) is 0 Å². The van der Waals surface area contributed by atoms with Crippen LogP contribution < -0.4 is 5.73 Å². The zero-order valence-electron chi connectivity index (χ0n) is 25.1. The number of hydrogen-bond acceptors (Lipinski definition) is 6. The van der Waals surface area contributed by atoms with Crippen LogP contribution in [-0.2, 0) is 21.1 Å². The van der Waals surface area contributed by atoms with Crippen LogP contribution in [0.5, 0.6) is 0 Å². The number of aryl methyl sites for hydroxylation is 2. The Labute approximate surface area is 244 Å². The van der Waals surface area contributed by atoms with Crippen LogP contribution in [0.25, 0.3) is 33.7 Å². The standard InChI is InChI=1S/C29H31F2N9.C2H6/c1-15(2)24-19(11-17-14-38(3)37-28(17)34-24)29-35-25(26(39(29)4)16-9-10-16)18-7-6-8-21(32)20(18)13-33-23-12-22(27(30)31)40(5)36-23;1-2/h6-8,11-16,27H,9-10,32H2,1-5H3;1-2H3. The van der Waals surface area contributed by atoms with E-state index in [2.05, 4.69) is 46.7 Å². The van der Waals surface area contributed by atoms with Crippen LogP contribution in [0.2, 0.25) is 0 Å². The second-order valence-electron chi connectivity index (χ2n) is 10.7. The zero-order valence-corrected chi connectivity index (χ0v) is 25.1. The summed E-state index contributed by atoms with van der Waals surface area (Å²) in [5, 5.41) is 9.57. The third kappa shape index (κ3) is 5.31. The second kappa shape index (κ2) is 11.5. The van der Waals surface area contributed by atoms with Crippen LogP contribution in [0.4, 0.5) is 20.3 Å². The van der Waals surface area contributed by atoms with Gasteiger partial charge in [-0.1, -0.05) is 39.8 Å². The number of aromatic nitrogens is 7. The average Bonchev–Trinajstić information content (AvgIpc) is 3.48. The van der Waals surface area contributed by atoms with E-state index in [1.54, 1.807) is 17.0 Å². The Balaban J connectivity index is 0.00000173. The number of benzene rings is 1. The molecule has 11 heteroatoms. The van der Waals surface area contributed by atoms with Crippen molar-refractivity contribution in [1.29, 1.82) is 0 Å². The van der Waals surface area contributed by atoms with Crippen LogP contribution >= 0.6 is 0 Å². The minimum absolute atomic E-state index is 0.164. The number of anilines is 1. The summed E-state index contributed by atoms with van der Waals surface area (Å²) in [6, 6.07) is 9.07. The largest absolute Gasteiger partial charge is 0.398 e. The number of aliphatic imine (C=N–C) groups is 1. The van der Waals surface area contributed by atoms with Gasteiger partial charge in [0.15, 0.2) is 11.5 Å². The van der Waals surface area contributed by atoms with E-state index in [4.69, 9.17) is 15.7 Å². The highest BCUT2D eigenvalue weighted by Crippen LogP contribution is 2.47. The molecule has 0 spiro atoms. The molecule has 1 fully saturated rings. The first-order valence-electron chi connectivity index (χ1n) is 14.3. The first kappa shape index (κ1) is 29.1. The van der Waals surface area contributed by atoms with Gasteiger partial charge in [-0.3, -0.25) is 9.36 Å². The molecule has 0 saturated heterocycles. The fourth-order valence-electron chi connectivity index (χ4n) is 5.28. The highest BCUT2D eigenvalue weighted by atomic mass is 19.3. The van der Waals surface area contributed by atoms with E-state index in [-0.39, 0.29) is 17.4 Å². The van der Waals surface area contributed by atoms with Crippen molar-refractivity contribution in [2.24, 2.45) is 26.1 Å². The topological polar surface area (TPSA) is 105 Å². The Hall–Kier alpha value is -4.41. The molecular weight excluding hydrogens is 536 g/mol. The Bertz CT molecular complexity index is 1770. The Morgan fingerprint density at radius 3 is 2.40 bits per heavy atom. The lowest BCUT2D eigenvalue weighted by molar-refractivity contribution is 0.141. The van der Waals surface area contributed by atoms with Crippen LogP contribution in [-0.4, -0.2) is 40.3 Å². The number of pyridine rings is 1. The summed E-state index contributed by atoms with van der Waals surface area (Å²) in [4.78, 5) is 14.6. The van der Waals surface area contributed by atoms with Gasteiger partial charge in [0.1, 0.15) is 11.5 Å². The van der Waals surface area contributed by atoms with Crippen molar-refractivity contribution < 1.29 is 8.78 Å². The second-order valence-corrected chi connectivity index (χ2v) is 10.7. The fraction of sp³-hybridized carbons (Fsp3) is 0.387. The molecule has 1 aliphatic rings. The van der Waals surface area contributed by atoms with E-state index in [9.17, 15) is 8.78 Å². The summed E-state index contributed by atoms with van der Waals surface area (Å²) < 4.78 is 31.6. The predicted molar refractivity (Wildman–Crippen MR) is 163 cm³/mol. The molecule has 1 aliphatic carbocycles. The lowest BCUT2D eigenvalue weighted by Crippen LogP contribution is -2.03. The summed E-state index contributed by atoms with van der Waals surface area (Å²) in [5.41, 5.74) is 12.9. The molecule has 6 rings (SSSR count). The number of fused-ring (bicyclic) bond motifs is 1. The van der Waals surface area contributed by atoms with Gasteiger partial charge in [0.05, 0.1) is 11.4 Å². The molecule has 0 unspecified atom stereocenters. The van der Waals surface area contributed by atoms with Crippen molar-refractivity contribution in [2.45, 2.75) is 58.8 Å². The van der Waals surface area contributed by atoms with Crippen LogP contribution in [0, 0.1) is 0 Å². The third-order valence-electron chi connectivity index (χ3n) is 7.38. The summed E-state index contributed by atoms with van der Waals surface area (Å²) in [6.07, 6.45) is 3.09. The smallest absolute Gasteiger partial charge is 0.280 e. The molecule has 0 bridgehead atoms. The third-order valence-corrected chi connectivity index (χ3v) is 7.38. The van der Waals surface area contributed by atoms with Gasteiger partial charge in [0.2, 0.25) is 0 Å². The Morgan fingerprint density at radius 2 is 1.76 bits per heavy atom. The minimum Gasteiger partial charge on any atom is -0.398 e. The molecule has 4 heterocycles. The molecule has 0 radical (unpaired) electrons. The summed E-state index contributed by atoms with van der Waals surface area (Å²) in [6.45, 7) is 8.24. The molecule has 0 atom stereocenters. The van der Waals surface area contributed by atoms with Crippen LogP contribution in [0.15, 0.2) is 41.5 Å². The van der Waals surface area contributed by atoms with Crippen molar-refractivity contribution >= 4 is 28.8 Å². The number of rotatable bonds is 7. The van der Waals surface area contributed by atoms with E-state index >= 15 is 0 Å². The number of nitrogens with two attached hydrogens (primary N) is 1. The lowest BCUT2D eigenvalue weighted by atomic mass is 10.0. The maximum atomic E-state index is 13.3. The van der Waals surface area contributed by atoms with Gasteiger partial charge in [-0.2, -0.15) is 10.2 Å². The number of imidazole rings is 1. The Morgan fingerprint density at radius 1 is 1.02 bits per heavy atom. The van der Waals surface area contributed by atoms with Gasteiger partial charge in [-0.25, -0.2) is 23.7 Å². The first-order chi connectivity index (χ1) is 20.1. The molecule has 1 aromatic carbocycles. The summed E-state index contributed by atoms with van der Waals surface area (Å²) in [7, 11) is 5.42. The number of nitrogen functional groups attached to an aromatic ring is 1. The molecule has 4 aromatic heterocycles. The van der Waals surface area contributed by atoms with Gasteiger partial charge in [0.25, 0.3) is 6.43 Å². The normalized spacial score (nSPS) is 13.5. The minimum atomic E-state index is -2.64. The van der Waals surface area contributed by atoms with Gasteiger partial charge in [-0.05, 0) is 30.9 Å². The number of halogens is 2. The molecule has 0 aliphatic heterocycles. The summed E-state index contributed by atoms with van der Waals surface area (Å²) in [5.74, 6) is 1.57. The first-order valence-corrected chi connectivity index (χ1v) is 14.3. The van der Waals surface area contributed by atoms with E-state index in [1.807, 2.05) is 39.2 Å². The highest BCUT2D eigenvalue weighted by molar-refractivity contribution is 5.97. The summed E-state index contributed by atoms with van der Waals surface area (Å²) >= 11 is 0. The predicted octanol–water partition coefficient (Wildman–Crippen LogP) is 7.07. The van der Waals surface area contributed by atoms with Crippen LogP contribution in [0.1, 0.15) is 81.4 Å². The van der Waals surface area contributed by atoms with E-state index in [0.717, 1.165) is 56.9 Å². The molecule has 2 N–H and O–H groups in total. The molecule has 42 heavy (non-hydrogen) atoms. The highest BCUT2D eigenvalue weighted by Gasteiger charge is 2.33. The SMILES string of the molecule is CC.CC(C)c1nc2nn(C)cc2cc1-c1nc(-c2cccc(N)c2C=Nc2cc(C(F)F)n(C)n2)c(C2CC2)n1C. The van der Waals surface area contributed by atoms with E-state index in [0.29, 0.717) is 22.8 Å². The molecule has 220 valence electrons. The van der Waals surface area contributed by atoms with E-state index < -0.39 is 6.43 Å². The number of nitrogens with zero attached hydrogens (tertiary/aromatic N) is 8.